The first-order valence-corrected chi connectivity index (χ1v) is 6.79. The average Bonchev–Trinajstić information content (AvgIpc) is 2.71. The Labute approximate surface area is 113 Å². The van der Waals surface area contributed by atoms with Gasteiger partial charge < -0.3 is 4.74 Å². The van der Waals surface area contributed by atoms with Crippen LogP contribution >= 0.6 is 0 Å². The second-order valence-electron chi connectivity index (χ2n) is 5.48. The van der Waals surface area contributed by atoms with Crippen LogP contribution in [0.1, 0.15) is 28.3 Å². The summed E-state index contributed by atoms with van der Waals surface area (Å²) in [6, 6.07) is 17.9. The molecule has 0 aromatic heterocycles. The third-order valence-corrected chi connectivity index (χ3v) is 4.48. The van der Waals surface area contributed by atoms with Gasteiger partial charge >= 0.3 is 0 Å². The van der Waals surface area contributed by atoms with E-state index in [1.807, 2.05) is 0 Å². The van der Waals surface area contributed by atoms with Gasteiger partial charge in [-0.05, 0) is 28.7 Å². The van der Waals surface area contributed by atoms with Gasteiger partial charge in [-0.15, -0.1) is 0 Å². The summed E-state index contributed by atoms with van der Waals surface area (Å²) in [4.78, 5) is 0. The van der Waals surface area contributed by atoms with Crippen molar-refractivity contribution in [1.29, 1.82) is 0 Å². The number of fused-ring (bicyclic) bond motifs is 7. The van der Waals surface area contributed by atoms with Gasteiger partial charge in [0.15, 0.2) is 0 Å². The molecule has 0 aliphatic carbocycles. The Kier molecular flexibility index (Phi) is 2.32. The molecule has 2 heterocycles. The summed E-state index contributed by atoms with van der Waals surface area (Å²) in [7, 11) is 1.78. The molecular formula is C17H17NO. The third-order valence-electron chi connectivity index (χ3n) is 4.48. The Balaban J connectivity index is 2.01. The van der Waals surface area contributed by atoms with E-state index in [2.05, 4.69) is 53.8 Å². The molecule has 0 fully saturated rings. The Morgan fingerprint density at radius 2 is 1.84 bits per heavy atom. The first-order chi connectivity index (χ1) is 9.35. The number of hydrogen-bond donors (Lipinski definition) is 1. The van der Waals surface area contributed by atoms with Gasteiger partial charge in [0.1, 0.15) is 0 Å². The first kappa shape index (κ1) is 11.2. The number of ether oxygens (including phenoxy) is 1. The van der Waals surface area contributed by atoms with Crippen molar-refractivity contribution in [3.8, 4) is 0 Å². The van der Waals surface area contributed by atoms with Crippen molar-refractivity contribution >= 4 is 0 Å². The maximum atomic E-state index is 5.55. The van der Waals surface area contributed by atoms with E-state index in [0.717, 1.165) is 6.42 Å². The molecule has 2 aliphatic heterocycles. The average molecular weight is 251 g/mol. The summed E-state index contributed by atoms with van der Waals surface area (Å²) in [5.74, 6) is 0. The fraction of sp³-hybridized carbons (Fsp3) is 0.294. The lowest BCUT2D eigenvalue weighted by Gasteiger charge is -2.37. The minimum atomic E-state index is -0.162. The van der Waals surface area contributed by atoms with Gasteiger partial charge in [0.05, 0.1) is 12.1 Å². The molecule has 0 saturated heterocycles. The van der Waals surface area contributed by atoms with Crippen molar-refractivity contribution in [3.05, 3.63) is 70.8 Å². The van der Waals surface area contributed by atoms with E-state index in [0.29, 0.717) is 12.6 Å². The maximum Gasteiger partial charge on any atom is 0.0938 e. The van der Waals surface area contributed by atoms with Crippen LogP contribution in [0, 0.1) is 0 Å². The first-order valence-electron chi connectivity index (χ1n) is 6.79. The van der Waals surface area contributed by atoms with E-state index >= 15 is 0 Å². The number of methoxy groups -OCH3 is 1. The fourth-order valence-corrected chi connectivity index (χ4v) is 3.77. The van der Waals surface area contributed by atoms with Gasteiger partial charge in [0, 0.05) is 13.2 Å². The van der Waals surface area contributed by atoms with E-state index in [4.69, 9.17) is 4.74 Å². The second kappa shape index (κ2) is 3.92. The van der Waals surface area contributed by atoms with Gasteiger partial charge in [-0.25, -0.2) is 0 Å². The molecule has 2 atom stereocenters. The summed E-state index contributed by atoms with van der Waals surface area (Å²) < 4.78 is 5.55. The molecule has 2 bridgehead atoms. The second-order valence-corrected chi connectivity index (χ2v) is 5.48. The predicted octanol–water partition coefficient (Wildman–Crippen LogP) is 2.78. The highest BCUT2D eigenvalue weighted by Crippen LogP contribution is 2.48. The lowest BCUT2D eigenvalue weighted by atomic mass is 9.81. The minimum absolute atomic E-state index is 0.162. The van der Waals surface area contributed by atoms with E-state index in [9.17, 15) is 0 Å². The molecule has 2 aromatic rings. The third kappa shape index (κ3) is 1.38. The summed E-state index contributed by atoms with van der Waals surface area (Å²) >= 11 is 0. The fourth-order valence-electron chi connectivity index (χ4n) is 3.77. The van der Waals surface area contributed by atoms with Gasteiger partial charge in [-0.2, -0.15) is 0 Å². The van der Waals surface area contributed by atoms with Crippen LogP contribution in [0.4, 0.5) is 0 Å². The maximum absolute atomic E-state index is 5.55. The zero-order valence-corrected chi connectivity index (χ0v) is 11.0. The molecule has 0 spiro atoms. The van der Waals surface area contributed by atoms with E-state index < -0.39 is 0 Å². The monoisotopic (exact) mass is 251 g/mol. The molecule has 0 saturated carbocycles. The zero-order chi connectivity index (χ0) is 12.9. The number of nitrogens with one attached hydrogen (secondary N) is 1. The van der Waals surface area contributed by atoms with Crippen molar-refractivity contribution in [2.45, 2.75) is 18.0 Å². The molecule has 4 rings (SSSR count). The van der Waals surface area contributed by atoms with Crippen molar-refractivity contribution in [1.82, 2.24) is 5.32 Å². The highest BCUT2D eigenvalue weighted by Gasteiger charge is 2.48. The van der Waals surface area contributed by atoms with E-state index in [1.165, 1.54) is 22.3 Å². The molecular weight excluding hydrogens is 234 g/mol. The van der Waals surface area contributed by atoms with Crippen LogP contribution in [0.2, 0.25) is 0 Å². The van der Waals surface area contributed by atoms with Crippen LogP contribution in [0.5, 0.6) is 0 Å². The number of benzene rings is 2. The van der Waals surface area contributed by atoms with Gasteiger partial charge in [-0.3, -0.25) is 5.32 Å². The zero-order valence-electron chi connectivity index (χ0n) is 11.0. The van der Waals surface area contributed by atoms with Crippen LogP contribution in [-0.2, 0) is 16.7 Å². The Hall–Kier alpha value is -1.64. The van der Waals surface area contributed by atoms with Crippen LogP contribution in [0.25, 0.3) is 0 Å². The summed E-state index contributed by atoms with van der Waals surface area (Å²) in [6.45, 7) is 0.678. The Morgan fingerprint density at radius 3 is 2.68 bits per heavy atom. The van der Waals surface area contributed by atoms with Crippen molar-refractivity contribution in [2.24, 2.45) is 0 Å². The Morgan fingerprint density at radius 1 is 1.11 bits per heavy atom. The highest BCUT2D eigenvalue weighted by molar-refractivity contribution is 5.55. The van der Waals surface area contributed by atoms with Crippen molar-refractivity contribution < 1.29 is 4.74 Å². The molecule has 0 radical (unpaired) electrons. The van der Waals surface area contributed by atoms with Gasteiger partial charge in [-0.1, -0.05) is 48.5 Å². The summed E-state index contributed by atoms with van der Waals surface area (Å²) in [6.07, 6.45) is 1.07. The normalized spacial score (nSPS) is 26.9. The van der Waals surface area contributed by atoms with E-state index in [1.54, 1.807) is 7.11 Å². The minimum Gasteiger partial charge on any atom is -0.382 e. The largest absolute Gasteiger partial charge is 0.382 e. The predicted molar refractivity (Wildman–Crippen MR) is 75.1 cm³/mol. The van der Waals surface area contributed by atoms with Crippen LogP contribution in [0.15, 0.2) is 48.5 Å². The summed E-state index contributed by atoms with van der Waals surface area (Å²) in [5.41, 5.74) is 5.46. The molecule has 2 aromatic carbocycles. The van der Waals surface area contributed by atoms with Crippen LogP contribution in [-0.4, -0.2) is 13.7 Å². The smallest absolute Gasteiger partial charge is 0.0938 e. The molecule has 96 valence electrons. The SMILES string of the molecule is COC[C@]12N[C@H](Cc3ccccc31)c1ccccc12. The number of rotatable bonds is 2. The van der Waals surface area contributed by atoms with Crippen LogP contribution in [0.3, 0.4) is 0 Å². The lowest BCUT2D eigenvalue weighted by molar-refractivity contribution is 0.126. The standard InChI is InChI=1S/C17H17NO/c1-19-11-17-14-8-4-2-6-12(14)10-16(18-17)13-7-3-5-9-15(13)17/h2-9,16,18H,10-11H2,1H3/t16-,17+/m1/s1. The Bertz CT molecular complexity index is 624. The lowest BCUT2D eigenvalue weighted by Crippen LogP contribution is -2.47. The summed E-state index contributed by atoms with van der Waals surface area (Å²) in [5, 5.41) is 3.80. The molecule has 0 unspecified atom stereocenters. The topological polar surface area (TPSA) is 21.3 Å². The van der Waals surface area contributed by atoms with Crippen molar-refractivity contribution in [2.75, 3.05) is 13.7 Å². The van der Waals surface area contributed by atoms with E-state index in [-0.39, 0.29) is 5.54 Å². The van der Waals surface area contributed by atoms with Gasteiger partial charge in [0.25, 0.3) is 0 Å². The molecule has 19 heavy (non-hydrogen) atoms. The van der Waals surface area contributed by atoms with Gasteiger partial charge in [0.2, 0.25) is 0 Å². The molecule has 2 nitrogen and oxygen atoms in total. The molecule has 2 heteroatoms. The van der Waals surface area contributed by atoms with Crippen molar-refractivity contribution in [3.63, 3.8) is 0 Å². The molecule has 1 N–H and O–H groups in total. The molecule has 2 aliphatic rings. The molecule has 0 amide bonds. The van der Waals surface area contributed by atoms with Crippen LogP contribution < -0.4 is 5.32 Å². The number of hydrogen-bond acceptors (Lipinski definition) is 2. The highest BCUT2D eigenvalue weighted by atomic mass is 16.5. The quantitative estimate of drug-likeness (QED) is 0.886.